The molecule has 1 aliphatic rings. The van der Waals surface area contributed by atoms with Gasteiger partial charge in [-0.15, -0.1) is 0 Å². The first kappa shape index (κ1) is 13.8. The lowest BCUT2D eigenvalue weighted by molar-refractivity contribution is -0.134. The maximum atomic E-state index is 12.3. The number of rotatable bonds is 4. The number of hydrogen-bond acceptors (Lipinski definition) is 4. The second-order valence-electron chi connectivity index (χ2n) is 5.55. The Balaban J connectivity index is 1.65. The van der Waals surface area contributed by atoms with Crippen LogP contribution in [0.4, 0.5) is 0 Å². The number of nitrogens with zero attached hydrogens (tertiary/aromatic N) is 3. The van der Waals surface area contributed by atoms with E-state index in [1.165, 1.54) is 0 Å². The van der Waals surface area contributed by atoms with Crippen molar-refractivity contribution in [1.82, 2.24) is 15.0 Å². The van der Waals surface area contributed by atoms with Crippen molar-refractivity contribution in [3.05, 3.63) is 36.2 Å². The quantitative estimate of drug-likeness (QED) is 0.866. The highest BCUT2D eigenvalue weighted by Crippen LogP contribution is 2.26. The largest absolute Gasteiger partial charge is 0.337 e. The first-order valence-electron chi connectivity index (χ1n) is 7.37. The van der Waals surface area contributed by atoms with Crippen LogP contribution >= 0.6 is 0 Å². The van der Waals surface area contributed by atoms with Gasteiger partial charge in [0, 0.05) is 18.5 Å². The molecule has 1 aromatic carbocycles. The summed E-state index contributed by atoms with van der Waals surface area (Å²) >= 11 is 0. The molecule has 2 aromatic rings. The van der Waals surface area contributed by atoms with E-state index in [-0.39, 0.29) is 11.8 Å². The highest BCUT2D eigenvalue weighted by molar-refractivity contribution is 5.78. The van der Waals surface area contributed by atoms with Gasteiger partial charge in [0.2, 0.25) is 17.6 Å². The van der Waals surface area contributed by atoms with Gasteiger partial charge < -0.3 is 9.42 Å². The molecular formula is C16H19N3O2. The van der Waals surface area contributed by atoms with Gasteiger partial charge in [0.1, 0.15) is 0 Å². The Morgan fingerprint density at radius 3 is 2.71 bits per heavy atom. The maximum Gasteiger partial charge on any atom is 0.246 e. The molecule has 1 fully saturated rings. The van der Waals surface area contributed by atoms with Gasteiger partial charge in [-0.3, -0.25) is 4.79 Å². The van der Waals surface area contributed by atoms with Crippen LogP contribution in [0.1, 0.15) is 31.6 Å². The normalized spacial score (nSPS) is 15.3. The van der Waals surface area contributed by atoms with Gasteiger partial charge in [-0.05, 0) is 12.8 Å². The SMILES string of the molecule is CN(Cc1nc(-c2ccccc2)no1)C(=O)C1CCCC1. The molecule has 0 atom stereocenters. The fourth-order valence-corrected chi connectivity index (χ4v) is 2.79. The van der Waals surface area contributed by atoms with Crippen LogP contribution in [-0.4, -0.2) is 28.0 Å². The van der Waals surface area contributed by atoms with E-state index in [4.69, 9.17) is 4.52 Å². The summed E-state index contributed by atoms with van der Waals surface area (Å²) in [5.41, 5.74) is 0.914. The molecule has 5 heteroatoms. The highest BCUT2D eigenvalue weighted by atomic mass is 16.5. The Morgan fingerprint density at radius 2 is 2.00 bits per heavy atom. The second kappa shape index (κ2) is 6.08. The molecule has 21 heavy (non-hydrogen) atoms. The smallest absolute Gasteiger partial charge is 0.246 e. The third-order valence-corrected chi connectivity index (χ3v) is 3.95. The summed E-state index contributed by atoms with van der Waals surface area (Å²) in [7, 11) is 1.80. The molecule has 0 saturated heterocycles. The first-order valence-corrected chi connectivity index (χ1v) is 7.37. The van der Waals surface area contributed by atoms with E-state index in [2.05, 4.69) is 10.1 Å². The molecular weight excluding hydrogens is 266 g/mol. The second-order valence-corrected chi connectivity index (χ2v) is 5.55. The summed E-state index contributed by atoms with van der Waals surface area (Å²) in [4.78, 5) is 18.3. The zero-order valence-corrected chi connectivity index (χ0v) is 12.2. The Labute approximate surface area is 124 Å². The van der Waals surface area contributed by atoms with E-state index in [0.29, 0.717) is 18.3 Å². The van der Waals surface area contributed by atoms with Gasteiger partial charge in [0.05, 0.1) is 6.54 Å². The average Bonchev–Trinajstić information content (AvgIpc) is 3.19. The molecule has 1 aliphatic carbocycles. The van der Waals surface area contributed by atoms with Crippen LogP contribution in [0.5, 0.6) is 0 Å². The predicted octanol–water partition coefficient (Wildman–Crippen LogP) is 2.89. The lowest BCUT2D eigenvalue weighted by Crippen LogP contribution is -2.31. The zero-order valence-electron chi connectivity index (χ0n) is 12.2. The zero-order chi connectivity index (χ0) is 14.7. The van der Waals surface area contributed by atoms with Gasteiger partial charge in [0.25, 0.3) is 0 Å². The Morgan fingerprint density at radius 1 is 1.29 bits per heavy atom. The van der Waals surface area contributed by atoms with Crippen molar-refractivity contribution >= 4 is 5.91 Å². The van der Waals surface area contributed by atoms with Crippen molar-refractivity contribution in [1.29, 1.82) is 0 Å². The molecule has 1 aromatic heterocycles. The molecule has 0 N–H and O–H groups in total. The Hall–Kier alpha value is -2.17. The fourth-order valence-electron chi connectivity index (χ4n) is 2.79. The van der Waals surface area contributed by atoms with Crippen molar-refractivity contribution < 1.29 is 9.32 Å². The summed E-state index contributed by atoms with van der Waals surface area (Å²) in [5.74, 6) is 1.40. The van der Waals surface area contributed by atoms with Crippen LogP contribution in [0.15, 0.2) is 34.9 Å². The van der Waals surface area contributed by atoms with Gasteiger partial charge in [0.15, 0.2) is 0 Å². The van der Waals surface area contributed by atoms with Crippen LogP contribution in [0.25, 0.3) is 11.4 Å². The maximum absolute atomic E-state index is 12.3. The van der Waals surface area contributed by atoms with E-state index >= 15 is 0 Å². The van der Waals surface area contributed by atoms with E-state index in [1.807, 2.05) is 30.3 Å². The minimum Gasteiger partial charge on any atom is -0.337 e. The van der Waals surface area contributed by atoms with Crippen molar-refractivity contribution in [3.63, 3.8) is 0 Å². The molecule has 1 saturated carbocycles. The summed E-state index contributed by atoms with van der Waals surface area (Å²) in [5, 5.41) is 3.97. The van der Waals surface area contributed by atoms with Crippen molar-refractivity contribution in [3.8, 4) is 11.4 Å². The Bertz CT molecular complexity index is 603. The molecule has 3 rings (SSSR count). The van der Waals surface area contributed by atoms with E-state index in [9.17, 15) is 4.79 Å². The van der Waals surface area contributed by atoms with E-state index in [0.717, 1.165) is 31.2 Å². The monoisotopic (exact) mass is 285 g/mol. The molecule has 0 bridgehead atoms. The van der Waals surface area contributed by atoms with E-state index in [1.54, 1.807) is 11.9 Å². The fraction of sp³-hybridized carbons (Fsp3) is 0.438. The molecule has 1 heterocycles. The minimum absolute atomic E-state index is 0.173. The molecule has 5 nitrogen and oxygen atoms in total. The predicted molar refractivity (Wildman–Crippen MR) is 78.2 cm³/mol. The van der Waals surface area contributed by atoms with Gasteiger partial charge >= 0.3 is 0 Å². The van der Waals surface area contributed by atoms with Crippen LogP contribution in [0.3, 0.4) is 0 Å². The summed E-state index contributed by atoms with van der Waals surface area (Å²) in [6, 6.07) is 9.67. The molecule has 0 unspecified atom stereocenters. The summed E-state index contributed by atoms with van der Waals surface area (Å²) < 4.78 is 5.25. The van der Waals surface area contributed by atoms with Gasteiger partial charge in [-0.1, -0.05) is 48.3 Å². The van der Waals surface area contributed by atoms with E-state index < -0.39 is 0 Å². The van der Waals surface area contributed by atoms with Gasteiger partial charge in [-0.2, -0.15) is 4.98 Å². The number of aromatic nitrogens is 2. The Kier molecular flexibility index (Phi) is 3.99. The van der Waals surface area contributed by atoms with Crippen molar-refractivity contribution in [2.75, 3.05) is 7.05 Å². The molecule has 0 spiro atoms. The number of carbonyl (C=O) groups excluding carboxylic acids is 1. The number of benzene rings is 1. The highest BCUT2D eigenvalue weighted by Gasteiger charge is 2.26. The van der Waals surface area contributed by atoms with Crippen LogP contribution in [0.2, 0.25) is 0 Å². The lowest BCUT2D eigenvalue weighted by atomic mass is 10.1. The first-order chi connectivity index (χ1) is 10.2. The standard InChI is InChI=1S/C16H19N3O2/c1-19(16(20)13-9-5-6-10-13)11-14-17-15(18-21-14)12-7-3-2-4-8-12/h2-4,7-8,13H,5-6,9-11H2,1H3. The van der Waals surface area contributed by atoms with Crippen molar-refractivity contribution in [2.45, 2.75) is 32.2 Å². The third-order valence-electron chi connectivity index (χ3n) is 3.95. The third kappa shape index (κ3) is 3.12. The van der Waals surface area contributed by atoms with Crippen LogP contribution in [0, 0.1) is 5.92 Å². The van der Waals surface area contributed by atoms with Gasteiger partial charge in [-0.25, -0.2) is 0 Å². The number of hydrogen-bond donors (Lipinski definition) is 0. The lowest BCUT2D eigenvalue weighted by Gasteiger charge is -2.18. The van der Waals surface area contributed by atoms with Crippen LogP contribution < -0.4 is 0 Å². The summed E-state index contributed by atoms with van der Waals surface area (Å²) in [6.07, 6.45) is 4.32. The van der Waals surface area contributed by atoms with Crippen LogP contribution in [-0.2, 0) is 11.3 Å². The summed E-state index contributed by atoms with van der Waals surface area (Å²) in [6.45, 7) is 0.370. The number of amides is 1. The van der Waals surface area contributed by atoms with Crippen molar-refractivity contribution in [2.24, 2.45) is 5.92 Å². The number of carbonyl (C=O) groups is 1. The molecule has 1 amide bonds. The molecule has 0 radical (unpaired) electrons. The average molecular weight is 285 g/mol. The minimum atomic E-state index is 0.173. The topological polar surface area (TPSA) is 59.2 Å². The molecule has 0 aliphatic heterocycles. The molecule has 110 valence electrons.